The molecule has 0 atom stereocenters. The molecule has 132 valence electrons. The summed E-state index contributed by atoms with van der Waals surface area (Å²) in [6.07, 6.45) is 1.65. The van der Waals surface area contributed by atoms with Gasteiger partial charge >= 0.3 is 6.03 Å². The van der Waals surface area contributed by atoms with Crippen LogP contribution in [0.5, 0.6) is 0 Å². The molecule has 2 heterocycles. The molecule has 0 unspecified atom stereocenters. The SMILES string of the molecule is Cc1nccc(CNC(=O)N2CCN(c3cc(F)ccc3F)CC2)n1. The normalized spacial score (nSPS) is 14.5. The van der Waals surface area contributed by atoms with Gasteiger partial charge in [-0.25, -0.2) is 23.5 Å². The summed E-state index contributed by atoms with van der Waals surface area (Å²) in [6, 6.07) is 4.95. The number of carbonyl (C=O) groups is 1. The maximum atomic E-state index is 13.8. The Balaban J connectivity index is 1.53. The fourth-order valence-corrected chi connectivity index (χ4v) is 2.76. The van der Waals surface area contributed by atoms with E-state index in [0.717, 1.165) is 17.8 Å². The van der Waals surface area contributed by atoms with E-state index in [0.29, 0.717) is 38.5 Å². The van der Waals surface area contributed by atoms with Gasteiger partial charge in [-0.05, 0) is 25.1 Å². The first kappa shape index (κ1) is 17.1. The number of hydrogen-bond acceptors (Lipinski definition) is 4. The van der Waals surface area contributed by atoms with Crippen LogP contribution in [0.3, 0.4) is 0 Å². The minimum absolute atomic E-state index is 0.198. The van der Waals surface area contributed by atoms with Gasteiger partial charge in [-0.2, -0.15) is 0 Å². The van der Waals surface area contributed by atoms with Gasteiger partial charge in [0.2, 0.25) is 0 Å². The molecule has 2 amide bonds. The molecule has 1 aliphatic heterocycles. The van der Waals surface area contributed by atoms with Crippen LogP contribution in [0.25, 0.3) is 0 Å². The molecular weight excluding hydrogens is 328 g/mol. The molecule has 0 radical (unpaired) electrons. The number of aryl methyl sites for hydroxylation is 1. The smallest absolute Gasteiger partial charge is 0.317 e. The molecule has 1 fully saturated rings. The van der Waals surface area contributed by atoms with Gasteiger partial charge in [0.1, 0.15) is 17.5 Å². The summed E-state index contributed by atoms with van der Waals surface area (Å²) >= 11 is 0. The second kappa shape index (κ2) is 7.42. The molecule has 0 aliphatic carbocycles. The van der Waals surface area contributed by atoms with E-state index in [9.17, 15) is 13.6 Å². The van der Waals surface area contributed by atoms with Crippen molar-refractivity contribution in [2.45, 2.75) is 13.5 Å². The van der Waals surface area contributed by atoms with E-state index in [-0.39, 0.29) is 11.7 Å². The Kier molecular flexibility index (Phi) is 5.06. The van der Waals surface area contributed by atoms with Gasteiger partial charge in [-0.3, -0.25) is 0 Å². The maximum absolute atomic E-state index is 13.8. The van der Waals surface area contributed by atoms with Gasteiger partial charge in [-0.1, -0.05) is 0 Å². The highest BCUT2D eigenvalue weighted by Gasteiger charge is 2.23. The van der Waals surface area contributed by atoms with Gasteiger partial charge in [0.05, 0.1) is 17.9 Å². The molecule has 0 spiro atoms. The zero-order chi connectivity index (χ0) is 17.8. The Morgan fingerprint density at radius 3 is 2.68 bits per heavy atom. The van der Waals surface area contributed by atoms with Crippen LogP contribution in [0.1, 0.15) is 11.5 Å². The van der Waals surface area contributed by atoms with E-state index in [4.69, 9.17) is 0 Å². The van der Waals surface area contributed by atoms with E-state index in [1.54, 1.807) is 29.0 Å². The third-order valence-electron chi connectivity index (χ3n) is 4.07. The van der Waals surface area contributed by atoms with Crippen LogP contribution in [0.15, 0.2) is 30.5 Å². The number of urea groups is 1. The van der Waals surface area contributed by atoms with Crippen molar-refractivity contribution in [1.29, 1.82) is 0 Å². The summed E-state index contributed by atoms with van der Waals surface area (Å²) in [5, 5.41) is 2.82. The van der Waals surface area contributed by atoms with Gasteiger partial charge in [-0.15, -0.1) is 0 Å². The molecule has 3 rings (SSSR count). The van der Waals surface area contributed by atoms with Crippen LogP contribution < -0.4 is 10.2 Å². The number of hydrogen-bond donors (Lipinski definition) is 1. The van der Waals surface area contributed by atoms with E-state index in [2.05, 4.69) is 15.3 Å². The fourth-order valence-electron chi connectivity index (χ4n) is 2.76. The summed E-state index contributed by atoms with van der Waals surface area (Å²) in [6.45, 7) is 3.87. The van der Waals surface area contributed by atoms with Crippen molar-refractivity contribution in [2.75, 3.05) is 31.1 Å². The number of carbonyl (C=O) groups excluding carboxylic acids is 1. The summed E-state index contributed by atoms with van der Waals surface area (Å²) in [5.74, 6) is -0.285. The second-order valence-electron chi connectivity index (χ2n) is 5.82. The molecule has 8 heteroatoms. The van der Waals surface area contributed by atoms with Crippen LogP contribution in [0.2, 0.25) is 0 Å². The standard InChI is InChI=1S/C17H19F2N5O/c1-12-20-5-4-14(22-12)11-21-17(25)24-8-6-23(7-9-24)16-10-13(18)2-3-15(16)19/h2-5,10H,6-9,11H2,1H3,(H,21,25). The summed E-state index contributed by atoms with van der Waals surface area (Å²) in [7, 11) is 0. The number of aromatic nitrogens is 2. The molecule has 1 aromatic carbocycles. The summed E-state index contributed by atoms with van der Waals surface area (Å²) < 4.78 is 27.2. The van der Waals surface area contributed by atoms with E-state index >= 15 is 0 Å². The van der Waals surface area contributed by atoms with E-state index in [1.807, 2.05) is 0 Å². The Bertz CT molecular complexity index is 762. The Hall–Kier alpha value is -2.77. The molecule has 1 aromatic heterocycles. The van der Waals surface area contributed by atoms with E-state index in [1.165, 1.54) is 6.07 Å². The molecule has 1 aliphatic rings. The van der Waals surface area contributed by atoms with Crippen LogP contribution in [0.4, 0.5) is 19.3 Å². The number of anilines is 1. The van der Waals surface area contributed by atoms with Crippen molar-refractivity contribution in [2.24, 2.45) is 0 Å². The van der Waals surface area contributed by atoms with Crippen molar-refractivity contribution in [3.05, 3.63) is 53.6 Å². The molecule has 25 heavy (non-hydrogen) atoms. The van der Waals surface area contributed by atoms with E-state index < -0.39 is 11.6 Å². The zero-order valence-electron chi connectivity index (χ0n) is 13.9. The van der Waals surface area contributed by atoms with Crippen molar-refractivity contribution < 1.29 is 13.6 Å². The minimum atomic E-state index is -0.475. The molecule has 1 N–H and O–H groups in total. The highest BCUT2D eigenvalue weighted by molar-refractivity contribution is 5.74. The monoisotopic (exact) mass is 347 g/mol. The lowest BCUT2D eigenvalue weighted by Crippen LogP contribution is -2.52. The zero-order valence-corrected chi connectivity index (χ0v) is 13.9. The molecule has 1 saturated heterocycles. The van der Waals surface area contributed by atoms with Gasteiger partial charge < -0.3 is 15.1 Å². The quantitative estimate of drug-likeness (QED) is 0.924. The lowest BCUT2D eigenvalue weighted by Gasteiger charge is -2.36. The number of amides is 2. The molecule has 0 bridgehead atoms. The minimum Gasteiger partial charge on any atom is -0.366 e. The number of benzene rings is 1. The summed E-state index contributed by atoms with van der Waals surface area (Å²) in [4.78, 5) is 23.9. The number of piperazine rings is 1. The van der Waals surface area contributed by atoms with Crippen LogP contribution in [0, 0.1) is 18.6 Å². The first-order valence-electron chi connectivity index (χ1n) is 8.04. The third kappa shape index (κ3) is 4.20. The van der Waals surface area contributed by atoms with Crippen molar-refractivity contribution >= 4 is 11.7 Å². The number of rotatable bonds is 3. The van der Waals surface area contributed by atoms with Crippen LogP contribution in [-0.2, 0) is 6.54 Å². The first-order valence-corrected chi connectivity index (χ1v) is 8.04. The van der Waals surface area contributed by atoms with Crippen LogP contribution >= 0.6 is 0 Å². The van der Waals surface area contributed by atoms with Crippen molar-refractivity contribution in [3.63, 3.8) is 0 Å². The Morgan fingerprint density at radius 2 is 1.96 bits per heavy atom. The molecule has 2 aromatic rings. The van der Waals surface area contributed by atoms with Crippen LogP contribution in [-0.4, -0.2) is 47.1 Å². The Labute approximate surface area is 144 Å². The predicted octanol–water partition coefficient (Wildman–Crippen LogP) is 2.10. The van der Waals surface area contributed by atoms with Gasteiger partial charge in [0.15, 0.2) is 0 Å². The average Bonchev–Trinajstić information content (AvgIpc) is 2.62. The topological polar surface area (TPSA) is 61.4 Å². The number of halogens is 2. The fraction of sp³-hybridized carbons (Fsp3) is 0.353. The third-order valence-corrected chi connectivity index (χ3v) is 4.07. The molecular formula is C17H19F2N5O. The maximum Gasteiger partial charge on any atom is 0.317 e. The van der Waals surface area contributed by atoms with Crippen molar-refractivity contribution in [1.82, 2.24) is 20.2 Å². The average molecular weight is 347 g/mol. The largest absolute Gasteiger partial charge is 0.366 e. The highest BCUT2D eigenvalue weighted by Crippen LogP contribution is 2.21. The van der Waals surface area contributed by atoms with Gasteiger partial charge in [0, 0.05) is 38.4 Å². The second-order valence-corrected chi connectivity index (χ2v) is 5.82. The van der Waals surface area contributed by atoms with Crippen molar-refractivity contribution in [3.8, 4) is 0 Å². The highest BCUT2D eigenvalue weighted by atomic mass is 19.1. The first-order chi connectivity index (χ1) is 12.0. The van der Waals surface area contributed by atoms with Gasteiger partial charge in [0.25, 0.3) is 0 Å². The molecule has 0 saturated carbocycles. The summed E-state index contributed by atoms with van der Waals surface area (Å²) in [5.41, 5.74) is 0.970. The predicted molar refractivity (Wildman–Crippen MR) is 89.1 cm³/mol. The lowest BCUT2D eigenvalue weighted by atomic mass is 10.2. The number of nitrogens with one attached hydrogen (secondary N) is 1. The lowest BCUT2D eigenvalue weighted by molar-refractivity contribution is 0.193. The number of nitrogens with zero attached hydrogens (tertiary/aromatic N) is 4. The Morgan fingerprint density at radius 1 is 1.20 bits per heavy atom. The molecule has 6 nitrogen and oxygen atoms in total.